The van der Waals surface area contributed by atoms with Crippen LogP contribution in [0.1, 0.15) is 12.8 Å². The molecule has 106 valence electrons. The molecule has 8 heteroatoms. The van der Waals surface area contributed by atoms with Gasteiger partial charge in [-0.2, -0.15) is 0 Å². The summed E-state index contributed by atoms with van der Waals surface area (Å²) in [4.78, 5) is 15.0. The van der Waals surface area contributed by atoms with Crippen LogP contribution in [0.2, 0.25) is 0 Å². The van der Waals surface area contributed by atoms with Gasteiger partial charge in [0.2, 0.25) is 0 Å². The highest BCUT2D eigenvalue weighted by Gasteiger charge is 2.24. The van der Waals surface area contributed by atoms with Gasteiger partial charge in [0.05, 0.1) is 15.1 Å². The number of benzene rings is 1. The molecule has 0 saturated carbocycles. The highest BCUT2D eigenvalue weighted by molar-refractivity contribution is 7.85. The zero-order valence-electron chi connectivity index (χ0n) is 10.6. The number of nitrogens with zero attached hydrogens (tertiary/aromatic N) is 2. The summed E-state index contributed by atoms with van der Waals surface area (Å²) >= 11 is 1.39. The fraction of sp³-hybridized carbons (Fsp3) is 0.417. The lowest BCUT2D eigenvalue weighted by atomic mass is 10.1. The smallest absolute Gasteiger partial charge is 0.319 e. The number of anilines is 1. The Hall–Kier alpha value is -1.54. The molecule has 0 radical (unpaired) electrons. The quantitative estimate of drug-likeness (QED) is 0.695. The average molecular weight is 311 g/mol. The minimum absolute atomic E-state index is 0.0374. The first kappa shape index (κ1) is 13.4. The molecule has 0 bridgehead atoms. The van der Waals surface area contributed by atoms with Gasteiger partial charge in [-0.25, -0.2) is 4.98 Å². The molecule has 0 unspecified atom stereocenters. The Balaban J connectivity index is 1.92. The van der Waals surface area contributed by atoms with E-state index in [0.29, 0.717) is 22.7 Å². The van der Waals surface area contributed by atoms with Crippen molar-refractivity contribution in [1.29, 1.82) is 0 Å². The minimum atomic E-state index is -0.733. The van der Waals surface area contributed by atoms with Gasteiger partial charge in [-0.3, -0.25) is 14.3 Å². The van der Waals surface area contributed by atoms with Gasteiger partial charge < -0.3 is 5.32 Å². The van der Waals surface area contributed by atoms with Gasteiger partial charge in [-0.15, -0.1) is 11.3 Å². The second-order valence-electron chi connectivity index (χ2n) is 4.68. The molecular weight excluding hydrogens is 298 g/mol. The summed E-state index contributed by atoms with van der Waals surface area (Å²) in [5, 5.41) is 14.5. The Bertz CT molecular complexity index is 676. The summed E-state index contributed by atoms with van der Waals surface area (Å²) in [7, 11) is -0.733. The highest BCUT2D eigenvalue weighted by atomic mass is 32.2. The van der Waals surface area contributed by atoms with Crippen LogP contribution in [0.5, 0.6) is 0 Å². The lowest BCUT2D eigenvalue weighted by molar-refractivity contribution is -0.382. The molecule has 1 fully saturated rings. The number of nitro benzene ring substituents is 1. The third-order valence-electron chi connectivity index (χ3n) is 3.41. The molecule has 1 aliphatic rings. The first-order valence-corrected chi connectivity index (χ1v) is 8.64. The van der Waals surface area contributed by atoms with Gasteiger partial charge in [0.15, 0.2) is 5.52 Å². The molecule has 0 aliphatic carbocycles. The van der Waals surface area contributed by atoms with Gasteiger partial charge in [-0.1, -0.05) is 0 Å². The van der Waals surface area contributed by atoms with E-state index in [1.165, 1.54) is 11.3 Å². The summed E-state index contributed by atoms with van der Waals surface area (Å²) < 4.78 is 12.2. The third kappa shape index (κ3) is 2.53. The number of nitro groups is 1. The number of nitrogens with one attached hydrogen (secondary N) is 1. The molecule has 6 nitrogen and oxygen atoms in total. The Labute approximate surface area is 121 Å². The van der Waals surface area contributed by atoms with Crippen LogP contribution < -0.4 is 5.32 Å². The maximum Gasteiger partial charge on any atom is 0.319 e. The molecule has 1 aromatic heterocycles. The average Bonchev–Trinajstić information content (AvgIpc) is 2.89. The van der Waals surface area contributed by atoms with E-state index in [-0.39, 0.29) is 16.7 Å². The first-order valence-electron chi connectivity index (χ1n) is 6.27. The van der Waals surface area contributed by atoms with E-state index >= 15 is 0 Å². The lowest BCUT2D eigenvalue weighted by Crippen LogP contribution is -2.29. The van der Waals surface area contributed by atoms with Crippen molar-refractivity contribution >= 4 is 43.7 Å². The number of rotatable bonds is 3. The van der Waals surface area contributed by atoms with Crippen molar-refractivity contribution in [3.05, 3.63) is 27.8 Å². The van der Waals surface area contributed by atoms with Crippen molar-refractivity contribution in [2.45, 2.75) is 18.9 Å². The molecule has 2 aromatic rings. The Morgan fingerprint density at radius 3 is 2.85 bits per heavy atom. The SMILES string of the molecule is O=[N+]([O-])c1c(NC2CCS(=O)CC2)ccc2scnc12. The maximum atomic E-state index is 11.3. The molecule has 2 heterocycles. The number of hydrogen-bond acceptors (Lipinski definition) is 6. The molecule has 20 heavy (non-hydrogen) atoms. The molecule has 0 amide bonds. The fourth-order valence-electron chi connectivity index (χ4n) is 2.38. The number of hydrogen-bond donors (Lipinski definition) is 1. The minimum Gasteiger partial charge on any atom is -0.377 e. The number of thiazole rings is 1. The predicted octanol–water partition coefficient (Wildman–Crippen LogP) is 2.53. The van der Waals surface area contributed by atoms with E-state index in [0.717, 1.165) is 17.5 Å². The normalized spacial score (nSPS) is 22.8. The number of fused-ring (bicyclic) bond motifs is 1. The Morgan fingerprint density at radius 1 is 1.40 bits per heavy atom. The van der Waals surface area contributed by atoms with E-state index in [1.54, 1.807) is 11.6 Å². The Morgan fingerprint density at radius 2 is 2.15 bits per heavy atom. The largest absolute Gasteiger partial charge is 0.377 e. The van der Waals surface area contributed by atoms with Crippen LogP contribution >= 0.6 is 11.3 Å². The topological polar surface area (TPSA) is 85.1 Å². The van der Waals surface area contributed by atoms with Crippen molar-refractivity contribution in [2.75, 3.05) is 16.8 Å². The summed E-state index contributed by atoms with van der Waals surface area (Å²) in [5.74, 6) is 1.31. The fourth-order valence-corrected chi connectivity index (χ4v) is 4.35. The van der Waals surface area contributed by atoms with Crippen molar-refractivity contribution < 1.29 is 9.13 Å². The highest BCUT2D eigenvalue weighted by Crippen LogP contribution is 2.35. The van der Waals surface area contributed by atoms with Crippen LogP contribution in [0.3, 0.4) is 0 Å². The van der Waals surface area contributed by atoms with Crippen LogP contribution in [0, 0.1) is 10.1 Å². The van der Waals surface area contributed by atoms with E-state index in [9.17, 15) is 14.3 Å². The van der Waals surface area contributed by atoms with Gasteiger partial charge in [-0.05, 0) is 25.0 Å². The van der Waals surface area contributed by atoms with E-state index in [2.05, 4.69) is 10.3 Å². The molecule has 1 N–H and O–H groups in total. The monoisotopic (exact) mass is 311 g/mol. The third-order valence-corrected chi connectivity index (χ3v) is 5.58. The molecule has 1 aliphatic heterocycles. The molecule has 1 saturated heterocycles. The van der Waals surface area contributed by atoms with Crippen molar-refractivity contribution in [3.8, 4) is 0 Å². The first-order chi connectivity index (χ1) is 9.65. The van der Waals surface area contributed by atoms with E-state index < -0.39 is 10.8 Å². The lowest BCUT2D eigenvalue weighted by Gasteiger charge is -2.23. The molecule has 3 rings (SSSR count). The molecule has 1 aromatic carbocycles. The van der Waals surface area contributed by atoms with Crippen molar-refractivity contribution in [1.82, 2.24) is 4.98 Å². The van der Waals surface area contributed by atoms with Crippen LogP contribution in [-0.2, 0) is 10.8 Å². The maximum absolute atomic E-state index is 11.3. The van der Waals surface area contributed by atoms with Crippen LogP contribution in [0.15, 0.2) is 17.6 Å². The zero-order chi connectivity index (χ0) is 14.1. The summed E-state index contributed by atoms with van der Waals surface area (Å²) in [6.07, 6.45) is 1.55. The summed E-state index contributed by atoms with van der Waals surface area (Å²) in [6.45, 7) is 0. The standard InChI is InChI=1S/C12H13N3O3S2/c16-15(17)12-9(1-2-10-11(12)13-7-19-10)14-8-3-5-20(18)6-4-8/h1-2,7-8,14H,3-6H2. The van der Waals surface area contributed by atoms with E-state index in [4.69, 9.17) is 0 Å². The molecule has 0 spiro atoms. The number of aromatic nitrogens is 1. The van der Waals surface area contributed by atoms with Gasteiger partial charge >= 0.3 is 5.69 Å². The zero-order valence-corrected chi connectivity index (χ0v) is 12.2. The summed E-state index contributed by atoms with van der Waals surface area (Å²) in [6, 6.07) is 3.73. The summed E-state index contributed by atoms with van der Waals surface area (Å²) in [5.41, 5.74) is 2.59. The van der Waals surface area contributed by atoms with Gasteiger partial charge in [0.25, 0.3) is 0 Å². The second-order valence-corrected chi connectivity index (χ2v) is 7.27. The van der Waals surface area contributed by atoms with Gasteiger partial charge in [0.1, 0.15) is 5.69 Å². The van der Waals surface area contributed by atoms with Crippen LogP contribution in [0.4, 0.5) is 11.4 Å². The van der Waals surface area contributed by atoms with Gasteiger partial charge in [0, 0.05) is 28.3 Å². The Kier molecular flexibility index (Phi) is 3.66. The van der Waals surface area contributed by atoms with Crippen LogP contribution in [-0.4, -0.2) is 31.7 Å². The predicted molar refractivity (Wildman–Crippen MR) is 80.8 cm³/mol. The van der Waals surface area contributed by atoms with Crippen molar-refractivity contribution in [2.24, 2.45) is 0 Å². The van der Waals surface area contributed by atoms with Crippen molar-refractivity contribution in [3.63, 3.8) is 0 Å². The molecular formula is C12H13N3O3S2. The molecule has 0 atom stereocenters. The van der Waals surface area contributed by atoms with Crippen LogP contribution in [0.25, 0.3) is 10.2 Å². The second kappa shape index (κ2) is 5.45. The van der Waals surface area contributed by atoms with E-state index in [1.807, 2.05) is 6.07 Å².